The number of aliphatic carboxylic acids is 1. The molecule has 1 N–H and O–H groups in total. The highest BCUT2D eigenvalue weighted by Gasteiger charge is 2.59. The molecule has 0 aromatic heterocycles. The van der Waals surface area contributed by atoms with Gasteiger partial charge in [-0.3, -0.25) is 29.0 Å². The van der Waals surface area contributed by atoms with Gasteiger partial charge in [0.25, 0.3) is 0 Å². The van der Waals surface area contributed by atoms with Gasteiger partial charge in [0.2, 0.25) is 11.8 Å². The molecule has 0 radical (unpaired) electrons. The van der Waals surface area contributed by atoms with Crippen LogP contribution in [0.25, 0.3) is 0 Å². The molecule has 2 fully saturated rings. The zero-order valence-electron chi connectivity index (χ0n) is 19.3. The summed E-state index contributed by atoms with van der Waals surface area (Å²) >= 11 is 0. The topological polar surface area (TPSA) is 121 Å². The number of nitrogens with zero attached hydrogens (tertiary/aromatic N) is 2. The Morgan fingerprint density at radius 2 is 1.61 bits per heavy atom. The maximum Gasteiger partial charge on any atom is 0.333 e. The molecule has 2 unspecified atom stereocenters. The summed E-state index contributed by atoms with van der Waals surface area (Å²) in [6.45, 7) is 1.83. The van der Waals surface area contributed by atoms with Gasteiger partial charge in [-0.05, 0) is 51.9 Å². The first-order valence-corrected chi connectivity index (χ1v) is 12.1. The lowest BCUT2D eigenvalue weighted by Gasteiger charge is -2.49. The summed E-state index contributed by atoms with van der Waals surface area (Å²) in [5, 5.41) is 9.36. The predicted octanol–water partition coefficient (Wildman–Crippen LogP) is 3.41. The van der Waals surface area contributed by atoms with E-state index in [9.17, 15) is 29.1 Å². The zero-order valence-corrected chi connectivity index (χ0v) is 19.3. The quantitative estimate of drug-likeness (QED) is 0.316. The Bertz CT molecular complexity index is 818. The van der Waals surface area contributed by atoms with Crippen LogP contribution in [0.2, 0.25) is 0 Å². The SMILES string of the molecule is CCOC(=O)CCC1(CCC(=O)O)C(=O)N(C2CC=CCC2)C(=O)N(C2CCCCC2)C1=O. The second kappa shape index (κ2) is 10.9. The first kappa shape index (κ1) is 24.9. The first-order valence-electron chi connectivity index (χ1n) is 12.1. The van der Waals surface area contributed by atoms with E-state index in [0.29, 0.717) is 32.1 Å². The highest BCUT2D eigenvalue weighted by Crippen LogP contribution is 2.42. The van der Waals surface area contributed by atoms with E-state index >= 15 is 0 Å². The molecule has 0 aromatic rings. The largest absolute Gasteiger partial charge is 0.481 e. The normalized spacial score (nSPS) is 26.6. The van der Waals surface area contributed by atoms with Crippen LogP contribution >= 0.6 is 0 Å². The number of carbonyl (C=O) groups excluding carboxylic acids is 4. The molecule has 182 valence electrons. The average molecular weight is 463 g/mol. The molecule has 9 nitrogen and oxygen atoms in total. The number of urea groups is 1. The van der Waals surface area contributed by atoms with Gasteiger partial charge in [-0.25, -0.2) is 4.79 Å². The van der Waals surface area contributed by atoms with Gasteiger partial charge in [0.05, 0.1) is 6.61 Å². The number of imide groups is 2. The highest BCUT2D eigenvalue weighted by molar-refractivity contribution is 6.19. The Morgan fingerprint density at radius 3 is 2.18 bits per heavy atom. The molecule has 33 heavy (non-hydrogen) atoms. The minimum Gasteiger partial charge on any atom is -0.481 e. The lowest BCUT2D eigenvalue weighted by molar-refractivity contribution is -0.165. The molecular weight excluding hydrogens is 428 g/mol. The number of ether oxygens (including phenoxy) is 1. The third-order valence-corrected chi connectivity index (χ3v) is 7.04. The van der Waals surface area contributed by atoms with Crippen molar-refractivity contribution in [3.05, 3.63) is 12.2 Å². The van der Waals surface area contributed by atoms with Gasteiger partial charge < -0.3 is 9.84 Å². The van der Waals surface area contributed by atoms with Crippen molar-refractivity contribution in [2.75, 3.05) is 6.61 Å². The van der Waals surface area contributed by atoms with Crippen molar-refractivity contribution in [2.45, 2.75) is 96.1 Å². The van der Waals surface area contributed by atoms with Gasteiger partial charge in [0.1, 0.15) is 5.41 Å². The predicted molar refractivity (Wildman–Crippen MR) is 118 cm³/mol. The Labute approximate surface area is 194 Å². The van der Waals surface area contributed by atoms with Crippen LogP contribution in [0.4, 0.5) is 4.79 Å². The van der Waals surface area contributed by atoms with Crippen LogP contribution in [0.5, 0.6) is 0 Å². The molecule has 3 rings (SSSR count). The van der Waals surface area contributed by atoms with E-state index in [2.05, 4.69) is 0 Å². The van der Waals surface area contributed by atoms with Gasteiger partial charge in [-0.15, -0.1) is 0 Å². The number of allylic oxidation sites excluding steroid dienone is 1. The number of esters is 1. The minimum atomic E-state index is -1.77. The second-order valence-electron chi connectivity index (χ2n) is 9.14. The first-order chi connectivity index (χ1) is 15.8. The Hall–Kier alpha value is -2.71. The molecule has 9 heteroatoms. The second-order valence-corrected chi connectivity index (χ2v) is 9.14. The van der Waals surface area contributed by atoms with Crippen LogP contribution < -0.4 is 0 Å². The maximum absolute atomic E-state index is 13.9. The number of hydrogen-bond donors (Lipinski definition) is 1. The van der Waals surface area contributed by atoms with Gasteiger partial charge in [0.15, 0.2) is 0 Å². The number of carbonyl (C=O) groups is 5. The summed E-state index contributed by atoms with van der Waals surface area (Å²) in [5.74, 6) is -3.02. The van der Waals surface area contributed by atoms with Crippen molar-refractivity contribution in [3.63, 3.8) is 0 Å². The number of carboxylic acid groups (broad SMARTS) is 1. The van der Waals surface area contributed by atoms with Crippen molar-refractivity contribution in [1.29, 1.82) is 0 Å². The molecule has 0 aromatic carbocycles. The maximum atomic E-state index is 13.9. The summed E-state index contributed by atoms with van der Waals surface area (Å²) in [4.78, 5) is 67.4. The van der Waals surface area contributed by atoms with Crippen molar-refractivity contribution in [3.8, 4) is 0 Å². The number of rotatable bonds is 9. The van der Waals surface area contributed by atoms with E-state index in [1.807, 2.05) is 12.2 Å². The van der Waals surface area contributed by atoms with Gasteiger partial charge in [-0.2, -0.15) is 0 Å². The summed E-state index contributed by atoms with van der Waals surface area (Å²) < 4.78 is 5.00. The fourth-order valence-electron chi connectivity index (χ4n) is 5.26. The Kier molecular flexibility index (Phi) is 8.26. The molecule has 2 aliphatic carbocycles. The van der Waals surface area contributed by atoms with Crippen LogP contribution in [0.3, 0.4) is 0 Å². The highest BCUT2D eigenvalue weighted by atomic mass is 16.5. The standard InChI is InChI=1S/C24H34N2O7/c1-2-33-20(29)14-16-24(15-13-19(27)28)21(30)25(17-9-5-3-6-10-17)23(32)26(22(24)31)18-11-7-4-8-12-18/h3,5,17-18H,2,4,6-16H2,1H3,(H,27,28). The van der Waals surface area contributed by atoms with Crippen LogP contribution in [0, 0.1) is 5.41 Å². The zero-order chi connectivity index (χ0) is 24.0. The summed E-state index contributed by atoms with van der Waals surface area (Å²) in [6, 6.07) is -1.31. The van der Waals surface area contributed by atoms with Crippen LogP contribution in [-0.4, -0.2) is 63.4 Å². The van der Waals surface area contributed by atoms with E-state index in [0.717, 1.165) is 19.3 Å². The fourth-order valence-corrected chi connectivity index (χ4v) is 5.26. The number of carboxylic acids is 1. The van der Waals surface area contributed by atoms with Gasteiger partial charge >= 0.3 is 18.0 Å². The van der Waals surface area contributed by atoms with Crippen LogP contribution in [-0.2, 0) is 23.9 Å². The third kappa shape index (κ3) is 5.28. The molecule has 1 heterocycles. The van der Waals surface area contributed by atoms with E-state index in [-0.39, 0.29) is 38.0 Å². The monoisotopic (exact) mass is 462 g/mol. The fraction of sp³-hybridized carbons (Fsp3) is 0.708. The molecule has 1 saturated heterocycles. The molecule has 1 aliphatic heterocycles. The van der Waals surface area contributed by atoms with E-state index in [4.69, 9.17) is 4.74 Å². The van der Waals surface area contributed by atoms with Crippen molar-refractivity contribution in [2.24, 2.45) is 5.41 Å². The van der Waals surface area contributed by atoms with Gasteiger partial charge in [-0.1, -0.05) is 31.4 Å². The third-order valence-electron chi connectivity index (χ3n) is 7.04. The van der Waals surface area contributed by atoms with Crippen molar-refractivity contribution < 1.29 is 33.8 Å². The Morgan fingerprint density at radius 1 is 0.970 bits per heavy atom. The van der Waals surface area contributed by atoms with E-state index < -0.39 is 41.6 Å². The number of amides is 4. The minimum absolute atomic E-state index is 0.163. The summed E-state index contributed by atoms with van der Waals surface area (Å²) in [7, 11) is 0. The van der Waals surface area contributed by atoms with Crippen molar-refractivity contribution in [1.82, 2.24) is 9.80 Å². The molecule has 2 atom stereocenters. The molecular formula is C24H34N2O7. The van der Waals surface area contributed by atoms with E-state index in [1.165, 1.54) is 9.80 Å². The molecule has 3 aliphatic rings. The summed E-state index contributed by atoms with van der Waals surface area (Å²) in [5.41, 5.74) is -1.77. The molecule has 4 amide bonds. The lowest BCUT2D eigenvalue weighted by atomic mass is 9.73. The van der Waals surface area contributed by atoms with Crippen LogP contribution in [0.1, 0.15) is 84.0 Å². The smallest absolute Gasteiger partial charge is 0.333 e. The molecule has 0 spiro atoms. The van der Waals surface area contributed by atoms with E-state index in [1.54, 1.807) is 6.92 Å². The molecule has 1 saturated carbocycles. The number of barbiturate groups is 1. The Balaban J connectivity index is 2.03. The van der Waals surface area contributed by atoms with Crippen LogP contribution in [0.15, 0.2) is 12.2 Å². The van der Waals surface area contributed by atoms with Crippen molar-refractivity contribution >= 4 is 29.8 Å². The average Bonchev–Trinajstić information content (AvgIpc) is 2.80. The number of hydrogen-bond acceptors (Lipinski definition) is 6. The molecule has 0 bridgehead atoms. The lowest BCUT2D eigenvalue weighted by Crippen LogP contribution is -2.69. The summed E-state index contributed by atoms with van der Waals surface area (Å²) in [6.07, 6.45) is 8.80. The van der Waals surface area contributed by atoms with Gasteiger partial charge in [0, 0.05) is 24.9 Å².